The SMILES string of the molecule is C.C#C.CC(C)(C)CCC(=O)OCCC(=O)OCCC(=O)OC(C)(C)C.[C-]#[O+]. The third-order valence-electron chi connectivity index (χ3n) is 2.64. The molecular formula is C21H36O7. The van der Waals surface area contributed by atoms with E-state index in [-0.39, 0.29) is 44.9 Å². The van der Waals surface area contributed by atoms with Crippen LogP contribution < -0.4 is 0 Å². The number of carbonyl (C=O) groups excluding carboxylic acids is 3. The zero-order valence-corrected chi connectivity index (χ0v) is 17.3. The van der Waals surface area contributed by atoms with Crippen molar-refractivity contribution in [2.75, 3.05) is 13.2 Å². The van der Waals surface area contributed by atoms with Crippen molar-refractivity contribution in [1.29, 1.82) is 0 Å². The number of hydrogen-bond donors (Lipinski definition) is 0. The first-order valence-corrected chi connectivity index (χ1v) is 8.46. The fraction of sp³-hybridized carbons (Fsp3) is 0.714. The van der Waals surface area contributed by atoms with Gasteiger partial charge in [-0.25, -0.2) is 0 Å². The Kier molecular flexibility index (Phi) is 21.5. The van der Waals surface area contributed by atoms with Crippen LogP contribution in [0.1, 0.15) is 74.7 Å². The molecule has 7 heteroatoms. The summed E-state index contributed by atoms with van der Waals surface area (Å²) in [5, 5.41) is 0. The van der Waals surface area contributed by atoms with E-state index >= 15 is 0 Å². The summed E-state index contributed by atoms with van der Waals surface area (Å²) in [6.07, 6.45) is 9.05. The summed E-state index contributed by atoms with van der Waals surface area (Å²) < 4.78 is 22.4. The molecule has 28 heavy (non-hydrogen) atoms. The standard InChI is InChI=1S/C17H30O6.C2H2.CO.CH4/c1-16(2,3)10-7-13(18)21-11-8-14(19)22-12-9-15(20)23-17(4,5)6;2*1-2;/h7-12H2,1-6H3;1-2H;;1H4. The molecule has 7 nitrogen and oxygen atoms in total. The van der Waals surface area contributed by atoms with E-state index in [1.54, 1.807) is 20.8 Å². The van der Waals surface area contributed by atoms with Crippen LogP contribution in [0.25, 0.3) is 0 Å². The second-order valence-electron chi connectivity index (χ2n) is 7.59. The van der Waals surface area contributed by atoms with Crippen LogP contribution in [0.2, 0.25) is 0 Å². The molecule has 0 radical (unpaired) electrons. The van der Waals surface area contributed by atoms with Gasteiger partial charge in [0, 0.05) is 6.42 Å². The van der Waals surface area contributed by atoms with Gasteiger partial charge in [-0.1, -0.05) is 28.2 Å². The van der Waals surface area contributed by atoms with Gasteiger partial charge in [0.15, 0.2) is 0 Å². The number of hydrogen-bond acceptors (Lipinski definition) is 6. The van der Waals surface area contributed by atoms with Crippen LogP contribution in [-0.4, -0.2) is 36.7 Å². The van der Waals surface area contributed by atoms with Crippen LogP contribution in [0.15, 0.2) is 0 Å². The van der Waals surface area contributed by atoms with Crippen LogP contribution in [-0.2, 0) is 33.2 Å². The van der Waals surface area contributed by atoms with E-state index in [4.69, 9.17) is 18.9 Å². The number of rotatable bonds is 8. The minimum atomic E-state index is -0.553. The van der Waals surface area contributed by atoms with Gasteiger partial charge >= 0.3 is 29.2 Å². The molecule has 162 valence electrons. The molecule has 0 aromatic heterocycles. The first kappa shape index (κ1) is 33.3. The fourth-order valence-corrected chi connectivity index (χ4v) is 1.51. The van der Waals surface area contributed by atoms with Crippen molar-refractivity contribution in [3.05, 3.63) is 6.65 Å². The topological polar surface area (TPSA) is 98.8 Å². The molecule has 0 rings (SSSR count). The van der Waals surface area contributed by atoms with Gasteiger partial charge in [0.1, 0.15) is 18.8 Å². The molecule has 0 N–H and O–H groups in total. The van der Waals surface area contributed by atoms with E-state index in [1.165, 1.54) is 0 Å². The van der Waals surface area contributed by atoms with Gasteiger partial charge in [-0.3, -0.25) is 14.4 Å². The third-order valence-corrected chi connectivity index (χ3v) is 2.64. The zero-order valence-electron chi connectivity index (χ0n) is 17.3. The normalized spacial score (nSPS) is 9.79. The number of ether oxygens (including phenoxy) is 3. The Labute approximate surface area is 170 Å². The Morgan fingerprint density at radius 1 is 0.786 bits per heavy atom. The summed E-state index contributed by atoms with van der Waals surface area (Å²) >= 11 is 0. The summed E-state index contributed by atoms with van der Waals surface area (Å²) in [4.78, 5) is 34.3. The zero-order chi connectivity index (χ0) is 22.1. The summed E-state index contributed by atoms with van der Waals surface area (Å²) in [7, 11) is 0. The van der Waals surface area contributed by atoms with E-state index in [1.807, 2.05) is 20.8 Å². The Morgan fingerprint density at radius 2 is 1.14 bits per heavy atom. The fourth-order valence-electron chi connectivity index (χ4n) is 1.51. The monoisotopic (exact) mass is 400 g/mol. The van der Waals surface area contributed by atoms with Gasteiger partial charge in [0.25, 0.3) is 0 Å². The summed E-state index contributed by atoms with van der Waals surface area (Å²) in [5.74, 6) is -1.24. The number of terminal acetylenes is 1. The average molecular weight is 401 g/mol. The quantitative estimate of drug-likeness (QED) is 0.202. The Bertz CT molecular complexity index is 470. The van der Waals surface area contributed by atoms with Crippen molar-refractivity contribution < 1.29 is 33.2 Å². The molecule has 0 fully saturated rings. The van der Waals surface area contributed by atoms with Crippen molar-refractivity contribution >= 4 is 17.9 Å². The molecule has 0 aliphatic heterocycles. The molecule has 0 bridgehead atoms. The molecular weight excluding hydrogens is 364 g/mol. The van der Waals surface area contributed by atoms with Crippen molar-refractivity contribution in [2.45, 2.75) is 80.3 Å². The van der Waals surface area contributed by atoms with E-state index in [0.717, 1.165) is 6.42 Å². The maximum atomic E-state index is 11.5. The number of esters is 3. The van der Waals surface area contributed by atoms with E-state index in [2.05, 4.69) is 19.5 Å². The number of carbonyl (C=O) groups is 3. The van der Waals surface area contributed by atoms with Crippen LogP contribution in [0.4, 0.5) is 0 Å². The second-order valence-corrected chi connectivity index (χ2v) is 7.59. The maximum absolute atomic E-state index is 11.5. The van der Waals surface area contributed by atoms with Crippen molar-refractivity contribution in [3.63, 3.8) is 0 Å². The molecule has 0 atom stereocenters. The van der Waals surface area contributed by atoms with Crippen LogP contribution in [0, 0.1) is 24.9 Å². The van der Waals surface area contributed by atoms with Gasteiger partial charge in [0.05, 0.1) is 12.8 Å². The molecule has 0 saturated carbocycles. The molecule has 0 unspecified atom stereocenters. The first-order chi connectivity index (χ1) is 12.4. The van der Waals surface area contributed by atoms with Gasteiger partial charge in [-0.2, -0.15) is 0 Å². The Hall–Kier alpha value is -2.29. The van der Waals surface area contributed by atoms with E-state index < -0.39 is 17.5 Å². The Balaban J connectivity index is -0.000000537. The molecule has 0 aromatic carbocycles. The summed E-state index contributed by atoms with van der Waals surface area (Å²) in [6, 6.07) is 0. The summed E-state index contributed by atoms with van der Waals surface area (Å²) in [5.41, 5.74) is -0.484. The first-order valence-electron chi connectivity index (χ1n) is 8.46. The summed E-state index contributed by atoms with van der Waals surface area (Å²) in [6.45, 7) is 15.9. The molecule has 0 saturated heterocycles. The van der Waals surface area contributed by atoms with Gasteiger partial charge in [-0.15, -0.1) is 12.8 Å². The molecule has 0 aliphatic rings. The van der Waals surface area contributed by atoms with Gasteiger partial charge in [-0.05, 0) is 32.6 Å². The molecule has 0 aliphatic carbocycles. The predicted octanol–water partition coefficient (Wildman–Crippen LogP) is 3.87. The van der Waals surface area contributed by atoms with Crippen LogP contribution in [0.3, 0.4) is 0 Å². The minimum absolute atomic E-state index is 0. The molecule has 0 amide bonds. The average Bonchev–Trinajstić information content (AvgIpc) is 2.54. The molecule has 0 aromatic rings. The molecule has 0 heterocycles. The van der Waals surface area contributed by atoms with E-state index in [0.29, 0.717) is 6.42 Å². The predicted molar refractivity (Wildman–Crippen MR) is 106 cm³/mol. The van der Waals surface area contributed by atoms with Crippen molar-refractivity contribution in [2.24, 2.45) is 5.41 Å². The van der Waals surface area contributed by atoms with Crippen LogP contribution >= 0.6 is 0 Å². The Morgan fingerprint density at radius 3 is 1.50 bits per heavy atom. The van der Waals surface area contributed by atoms with Gasteiger partial charge < -0.3 is 14.2 Å². The molecule has 0 spiro atoms. The van der Waals surface area contributed by atoms with E-state index in [9.17, 15) is 14.4 Å². The van der Waals surface area contributed by atoms with Crippen LogP contribution in [0.5, 0.6) is 0 Å². The van der Waals surface area contributed by atoms with Gasteiger partial charge in [0.2, 0.25) is 0 Å². The van der Waals surface area contributed by atoms with Crippen molar-refractivity contribution in [3.8, 4) is 12.8 Å². The third kappa shape index (κ3) is 28.5. The van der Waals surface area contributed by atoms with Crippen molar-refractivity contribution in [1.82, 2.24) is 0 Å². The second kappa shape index (κ2) is 18.1.